The van der Waals surface area contributed by atoms with Gasteiger partial charge in [-0.25, -0.2) is 0 Å². The van der Waals surface area contributed by atoms with Gasteiger partial charge in [-0.15, -0.1) is 0 Å². The van der Waals surface area contributed by atoms with Crippen LogP contribution >= 0.6 is 43.5 Å². The average Bonchev–Trinajstić information content (AvgIpc) is 2.41. The van der Waals surface area contributed by atoms with E-state index in [4.69, 9.17) is 17.3 Å². The Morgan fingerprint density at radius 3 is 2.50 bits per heavy atom. The first-order chi connectivity index (χ1) is 9.51. The number of hydrogen-bond acceptors (Lipinski definition) is 2. The van der Waals surface area contributed by atoms with Gasteiger partial charge >= 0.3 is 0 Å². The van der Waals surface area contributed by atoms with Crippen LogP contribution < -0.4 is 11.1 Å². The van der Waals surface area contributed by atoms with Gasteiger partial charge in [0.2, 0.25) is 0 Å². The highest BCUT2D eigenvalue weighted by atomic mass is 79.9. The molecule has 5 heteroatoms. The molecule has 3 N–H and O–H groups in total. The molecule has 2 aromatic carbocycles. The number of benzene rings is 2. The van der Waals surface area contributed by atoms with Gasteiger partial charge in [0.05, 0.1) is 11.1 Å². The van der Waals surface area contributed by atoms with E-state index in [1.165, 1.54) is 5.56 Å². The van der Waals surface area contributed by atoms with Crippen molar-refractivity contribution in [2.24, 2.45) is 5.73 Å². The summed E-state index contributed by atoms with van der Waals surface area (Å²) >= 11 is 13.0. The van der Waals surface area contributed by atoms with Crippen molar-refractivity contribution in [3.05, 3.63) is 61.5 Å². The molecule has 0 aliphatic carbocycles. The van der Waals surface area contributed by atoms with Crippen molar-refractivity contribution in [3.63, 3.8) is 0 Å². The fourth-order valence-corrected chi connectivity index (χ4v) is 3.23. The van der Waals surface area contributed by atoms with Crippen LogP contribution in [0.5, 0.6) is 0 Å². The molecule has 2 aromatic rings. The molecule has 0 spiro atoms. The summed E-state index contributed by atoms with van der Waals surface area (Å²) in [7, 11) is 0. The summed E-state index contributed by atoms with van der Waals surface area (Å²) in [6.45, 7) is 2.57. The van der Waals surface area contributed by atoms with Crippen LogP contribution in [0.3, 0.4) is 0 Å². The Labute approximate surface area is 141 Å². The summed E-state index contributed by atoms with van der Waals surface area (Å²) in [5, 5.41) is 4.12. The maximum atomic E-state index is 6.00. The second-order valence-corrected chi connectivity index (χ2v) is 6.70. The van der Waals surface area contributed by atoms with Gasteiger partial charge in [-0.1, -0.05) is 39.7 Å². The van der Waals surface area contributed by atoms with Gasteiger partial charge in [0.25, 0.3) is 0 Å². The molecular weight excluding hydrogens is 403 g/mol. The molecule has 106 valence electrons. The van der Waals surface area contributed by atoms with Crippen LogP contribution in [0, 0.1) is 6.92 Å². The van der Waals surface area contributed by atoms with E-state index in [9.17, 15) is 0 Å². The van der Waals surface area contributed by atoms with E-state index in [1.54, 1.807) is 0 Å². The summed E-state index contributed by atoms with van der Waals surface area (Å²) in [6, 6.07) is 12.1. The Hall–Kier alpha value is -0.550. The Balaban J connectivity index is 2.26. The largest absolute Gasteiger partial charge is 0.377 e. The molecule has 0 saturated heterocycles. The predicted octanol–water partition coefficient (Wildman–Crippen LogP) is 5.29. The molecule has 0 radical (unpaired) electrons. The Kier molecular flexibility index (Phi) is 5.49. The summed E-state index contributed by atoms with van der Waals surface area (Å²) < 4.78 is 1.93. The Bertz CT molecular complexity index is 617. The molecule has 0 aliphatic heterocycles. The van der Waals surface area contributed by atoms with Crippen LogP contribution in [0.15, 0.2) is 45.3 Å². The van der Waals surface area contributed by atoms with Gasteiger partial charge < -0.3 is 11.1 Å². The molecule has 0 heterocycles. The molecule has 2 rings (SSSR count). The summed E-state index contributed by atoms with van der Waals surface area (Å²) in [5.41, 5.74) is 9.24. The van der Waals surface area contributed by atoms with Crippen LogP contribution in [-0.2, 0) is 0 Å². The lowest BCUT2D eigenvalue weighted by Crippen LogP contribution is -2.21. The summed E-state index contributed by atoms with van der Waals surface area (Å²) in [5.74, 6) is 0. The minimum Gasteiger partial charge on any atom is -0.377 e. The van der Waals surface area contributed by atoms with Crippen molar-refractivity contribution in [1.82, 2.24) is 0 Å². The highest BCUT2D eigenvalue weighted by Crippen LogP contribution is 2.30. The zero-order chi connectivity index (χ0) is 14.7. The van der Waals surface area contributed by atoms with Crippen molar-refractivity contribution < 1.29 is 0 Å². The molecule has 0 fully saturated rings. The lowest BCUT2D eigenvalue weighted by Gasteiger charge is -2.20. The van der Waals surface area contributed by atoms with Gasteiger partial charge in [-0.2, -0.15) is 0 Å². The van der Waals surface area contributed by atoms with Crippen molar-refractivity contribution in [1.29, 1.82) is 0 Å². The molecular formula is C15H15Br2ClN2. The third-order valence-electron chi connectivity index (χ3n) is 3.03. The Morgan fingerprint density at radius 1 is 1.15 bits per heavy atom. The first-order valence-corrected chi connectivity index (χ1v) is 8.15. The first kappa shape index (κ1) is 15.8. The van der Waals surface area contributed by atoms with E-state index in [0.717, 1.165) is 20.2 Å². The number of halogens is 3. The smallest absolute Gasteiger partial charge is 0.0647 e. The van der Waals surface area contributed by atoms with E-state index in [2.05, 4.69) is 62.3 Å². The van der Waals surface area contributed by atoms with Gasteiger partial charge in [0.15, 0.2) is 0 Å². The van der Waals surface area contributed by atoms with E-state index in [1.807, 2.05) is 18.2 Å². The number of hydrogen-bond donors (Lipinski definition) is 2. The van der Waals surface area contributed by atoms with Crippen LogP contribution in [-0.4, -0.2) is 6.54 Å². The molecule has 0 aliphatic rings. The van der Waals surface area contributed by atoms with E-state index in [-0.39, 0.29) is 6.04 Å². The monoisotopic (exact) mass is 416 g/mol. The lowest BCUT2D eigenvalue weighted by molar-refractivity contribution is 0.785. The molecule has 0 saturated carbocycles. The minimum absolute atomic E-state index is 0.0399. The maximum Gasteiger partial charge on any atom is 0.0647 e. The van der Waals surface area contributed by atoms with Crippen LogP contribution in [0.1, 0.15) is 17.2 Å². The maximum absolute atomic E-state index is 6.00. The number of nitrogens with two attached hydrogens (primary N) is 1. The molecule has 0 amide bonds. The topological polar surface area (TPSA) is 38.0 Å². The number of rotatable bonds is 4. The van der Waals surface area contributed by atoms with Crippen molar-refractivity contribution in [2.45, 2.75) is 13.0 Å². The fourth-order valence-electron chi connectivity index (χ4n) is 1.97. The zero-order valence-electron chi connectivity index (χ0n) is 11.0. The predicted molar refractivity (Wildman–Crippen MR) is 93.4 cm³/mol. The number of anilines is 1. The molecule has 0 aromatic heterocycles. The normalized spacial score (nSPS) is 12.2. The fraction of sp³-hybridized carbons (Fsp3) is 0.200. The minimum atomic E-state index is 0.0399. The molecule has 20 heavy (non-hydrogen) atoms. The van der Waals surface area contributed by atoms with Crippen molar-refractivity contribution in [2.75, 3.05) is 11.9 Å². The zero-order valence-corrected chi connectivity index (χ0v) is 14.9. The van der Waals surface area contributed by atoms with Crippen molar-refractivity contribution >= 4 is 49.1 Å². The van der Waals surface area contributed by atoms with Gasteiger partial charge in [0, 0.05) is 21.2 Å². The SMILES string of the molecule is Cc1ccc(C(CN)Nc2ccc(Cl)c(Br)c2)c(Br)c1. The molecule has 0 bridgehead atoms. The van der Waals surface area contributed by atoms with Crippen LogP contribution in [0.25, 0.3) is 0 Å². The van der Waals surface area contributed by atoms with Gasteiger partial charge in [-0.3, -0.25) is 0 Å². The van der Waals surface area contributed by atoms with Gasteiger partial charge in [0.1, 0.15) is 0 Å². The van der Waals surface area contributed by atoms with Crippen LogP contribution in [0.4, 0.5) is 5.69 Å². The van der Waals surface area contributed by atoms with Crippen LogP contribution in [0.2, 0.25) is 5.02 Å². The molecule has 1 unspecified atom stereocenters. The standard InChI is InChI=1S/C15H15Br2ClN2/c1-9-2-4-11(12(16)6-9)15(8-19)20-10-3-5-14(18)13(17)7-10/h2-7,15,20H,8,19H2,1H3. The van der Waals surface area contributed by atoms with Crippen molar-refractivity contribution in [3.8, 4) is 0 Å². The third-order valence-corrected chi connectivity index (χ3v) is 4.93. The second-order valence-electron chi connectivity index (χ2n) is 4.59. The highest BCUT2D eigenvalue weighted by Gasteiger charge is 2.13. The summed E-state index contributed by atoms with van der Waals surface area (Å²) in [4.78, 5) is 0. The van der Waals surface area contributed by atoms with Gasteiger partial charge in [-0.05, 0) is 58.2 Å². The van der Waals surface area contributed by atoms with E-state index < -0.39 is 0 Å². The quantitative estimate of drug-likeness (QED) is 0.708. The lowest BCUT2D eigenvalue weighted by atomic mass is 10.0. The van der Waals surface area contributed by atoms with E-state index in [0.29, 0.717) is 11.6 Å². The van der Waals surface area contributed by atoms with E-state index >= 15 is 0 Å². The first-order valence-electron chi connectivity index (χ1n) is 6.19. The average molecular weight is 419 g/mol. The molecule has 2 nitrogen and oxygen atoms in total. The third kappa shape index (κ3) is 3.76. The summed E-state index contributed by atoms with van der Waals surface area (Å²) in [6.07, 6.45) is 0. The number of aryl methyl sites for hydroxylation is 1. The second kappa shape index (κ2) is 6.94. The highest BCUT2D eigenvalue weighted by molar-refractivity contribution is 9.10. The Morgan fingerprint density at radius 2 is 1.90 bits per heavy atom. The number of nitrogens with one attached hydrogen (secondary N) is 1. The molecule has 1 atom stereocenters.